The molecule has 1 aromatic carbocycles. The first-order valence-corrected chi connectivity index (χ1v) is 8.91. The zero-order chi connectivity index (χ0) is 18.1. The van der Waals surface area contributed by atoms with Gasteiger partial charge in [0.05, 0.1) is 11.8 Å². The summed E-state index contributed by atoms with van der Waals surface area (Å²) in [7, 11) is 1.99. The van der Waals surface area contributed by atoms with Gasteiger partial charge in [0.25, 0.3) is 0 Å². The van der Waals surface area contributed by atoms with Crippen LogP contribution >= 0.6 is 11.8 Å². The fourth-order valence-electron chi connectivity index (χ4n) is 2.26. The van der Waals surface area contributed by atoms with E-state index in [1.807, 2.05) is 54.4 Å². The number of thioether (sulfide) groups is 1. The summed E-state index contributed by atoms with van der Waals surface area (Å²) in [6, 6.07) is 13.7. The topological polar surface area (TPSA) is 68.5 Å². The maximum atomic E-state index is 10.7. The van der Waals surface area contributed by atoms with Gasteiger partial charge in [-0.15, -0.1) is 0 Å². The number of hydrogen-bond acceptors (Lipinski definition) is 6. The number of nitrogens with zero attached hydrogens (tertiary/aromatic N) is 2. The molecule has 2 N–H and O–H groups in total. The van der Waals surface area contributed by atoms with Gasteiger partial charge < -0.3 is 15.4 Å². The molecule has 132 valence electrons. The molecule has 0 spiro atoms. The van der Waals surface area contributed by atoms with Crippen LogP contribution in [0.4, 0.5) is 5.82 Å². The zero-order valence-electron chi connectivity index (χ0n) is 14.3. The van der Waals surface area contributed by atoms with Crippen molar-refractivity contribution in [2.24, 2.45) is 5.73 Å². The van der Waals surface area contributed by atoms with E-state index in [1.54, 1.807) is 6.20 Å². The van der Waals surface area contributed by atoms with Crippen molar-refractivity contribution >= 4 is 23.2 Å². The number of carbonyl (C=O) groups excluding carboxylic acids is 1. The Hall–Kier alpha value is -2.47. The Morgan fingerprint density at radius 3 is 2.72 bits per heavy atom. The quantitative estimate of drug-likeness (QED) is 0.660. The van der Waals surface area contributed by atoms with E-state index in [-0.39, 0.29) is 5.25 Å². The normalized spacial score (nSPS) is 11.6. The lowest BCUT2D eigenvalue weighted by atomic mass is 10.1. The maximum absolute atomic E-state index is 10.7. The van der Waals surface area contributed by atoms with Gasteiger partial charge in [-0.05, 0) is 36.2 Å². The molecule has 6 heteroatoms. The summed E-state index contributed by atoms with van der Waals surface area (Å²) in [5.74, 6) is 1.73. The average molecular weight is 357 g/mol. The molecule has 0 radical (unpaired) electrons. The molecule has 2 aromatic rings. The zero-order valence-corrected chi connectivity index (χ0v) is 15.1. The summed E-state index contributed by atoms with van der Waals surface area (Å²) in [6.45, 7) is 5.04. The Bertz CT molecular complexity index is 677. The minimum absolute atomic E-state index is 0.101. The lowest BCUT2D eigenvalue weighted by Gasteiger charge is -2.18. The molecule has 1 aromatic heterocycles. The van der Waals surface area contributed by atoms with Crippen LogP contribution in [-0.2, 0) is 11.2 Å². The van der Waals surface area contributed by atoms with Crippen molar-refractivity contribution in [2.45, 2.75) is 11.7 Å². The highest BCUT2D eigenvalue weighted by Crippen LogP contribution is 2.20. The summed E-state index contributed by atoms with van der Waals surface area (Å²) >= 11 is 1.15. The number of rotatable bonds is 10. The van der Waals surface area contributed by atoms with E-state index in [0.717, 1.165) is 41.1 Å². The lowest BCUT2D eigenvalue weighted by molar-refractivity contribution is 0.325. The fraction of sp³-hybridized carbons (Fsp3) is 0.263. The molecule has 0 saturated carbocycles. The van der Waals surface area contributed by atoms with Gasteiger partial charge in [-0.3, -0.25) is 4.79 Å². The van der Waals surface area contributed by atoms with Crippen LogP contribution in [0.15, 0.2) is 60.9 Å². The molecule has 1 heterocycles. The second-order valence-electron chi connectivity index (χ2n) is 5.60. The minimum atomic E-state index is -0.101. The smallest absolute Gasteiger partial charge is 0.176 e. The van der Waals surface area contributed by atoms with Crippen molar-refractivity contribution in [3.8, 4) is 5.75 Å². The Labute approximate surface area is 152 Å². The van der Waals surface area contributed by atoms with Gasteiger partial charge in [-0.2, -0.15) is 0 Å². The maximum Gasteiger partial charge on any atom is 0.176 e. The highest BCUT2D eigenvalue weighted by molar-refractivity contribution is 8.12. The van der Waals surface area contributed by atoms with Gasteiger partial charge in [-0.25, -0.2) is 4.98 Å². The van der Waals surface area contributed by atoms with Crippen molar-refractivity contribution in [3.63, 3.8) is 0 Å². The van der Waals surface area contributed by atoms with Crippen LogP contribution in [0.25, 0.3) is 0 Å². The molecule has 0 aliphatic carbocycles. The lowest BCUT2D eigenvalue weighted by Crippen LogP contribution is -2.24. The summed E-state index contributed by atoms with van der Waals surface area (Å²) in [5.41, 5.74) is 8.13. The number of hydrogen-bond donors (Lipinski definition) is 1. The molecule has 5 nitrogen and oxygen atoms in total. The third-order valence-corrected chi connectivity index (χ3v) is 4.62. The van der Waals surface area contributed by atoms with Crippen LogP contribution in [0, 0.1) is 0 Å². The predicted molar refractivity (Wildman–Crippen MR) is 105 cm³/mol. The highest BCUT2D eigenvalue weighted by atomic mass is 32.2. The number of anilines is 1. The summed E-state index contributed by atoms with van der Waals surface area (Å²) in [6.07, 6.45) is 2.44. The third kappa shape index (κ3) is 6.15. The van der Waals surface area contributed by atoms with E-state index in [2.05, 4.69) is 11.6 Å². The van der Waals surface area contributed by atoms with Crippen molar-refractivity contribution in [3.05, 3.63) is 66.5 Å². The molecular formula is C19H23N3O2S. The van der Waals surface area contributed by atoms with E-state index < -0.39 is 0 Å². The first-order valence-electron chi connectivity index (χ1n) is 7.97. The van der Waals surface area contributed by atoms with E-state index >= 15 is 0 Å². The van der Waals surface area contributed by atoms with Crippen LogP contribution in [0.3, 0.4) is 0 Å². The molecule has 1 unspecified atom stereocenters. The van der Waals surface area contributed by atoms with Crippen molar-refractivity contribution in [2.75, 3.05) is 25.1 Å². The Kier molecular flexibility index (Phi) is 7.35. The van der Waals surface area contributed by atoms with E-state index in [4.69, 9.17) is 10.5 Å². The van der Waals surface area contributed by atoms with Gasteiger partial charge in [-0.1, -0.05) is 36.5 Å². The molecule has 0 fully saturated rings. The second kappa shape index (κ2) is 9.74. The minimum Gasteiger partial charge on any atom is -0.492 e. The van der Waals surface area contributed by atoms with Crippen LogP contribution in [0.5, 0.6) is 5.75 Å². The van der Waals surface area contributed by atoms with Gasteiger partial charge in [0.1, 0.15) is 18.2 Å². The van der Waals surface area contributed by atoms with Crippen molar-refractivity contribution < 1.29 is 9.53 Å². The molecule has 0 saturated heterocycles. The highest BCUT2D eigenvalue weighted by Gasteiger charge is 2.11. The van der Waals surface area contributed by atoms with E-state index in [1.165, 1.54) is 0 Å². The standard InChI is InChI=1S/C19H23N3O2S/c1-15(20)18(25-14-23)13-16-6-8-17(9-7-16)24-12-11-22(2)19-5-3-4-10-21-19/h3-10,14,18H,1,11-13,20H2,2H3. The van der Waals surface area contributed by atoms with E-state index in [0.29, 0.717) is 18.7 Å². The van der Waals surface area contributed by atoms with Crippen LogP contribution in [-0.4, -0.2) is 36.1 Å². The van der Waals surface area contributed by atoms with Crippen LogP contribution < -0.4 is 15.4 Å². The SMILES string of the molecule is C=C(N)C(Cc1ccc(OCCN(C)c2ccccn2)cc1)SC=O. The summed E-state index contributed by atoms with van der Waals surface area (Å²) in [4.78, 5) is 17.0. The molecular weight excluding hydrogens is 334 g/mol. The molecule has 1 atom stereocenters. The predicted octanol–water partition coefficient (Wildman–Crippen LogP) is 2.90. The molecule has 2 rings (SSSR count). The molecule has 0 aliphatic rings. The monoisotopic (exact) mass is 357 g/mol. The van der Waals surface area contributed by atoms with E-state index in [9.17, 15) is 4.79 Å². The number of aromatic nitrogens is 1. The molecule has 25 heavy (non-hydrogen) atoms. The average Bonchev–Trinajstić information content (AvgIpc) is 2.63. The molecule has 0 amide bonds. The second-order valence-corrected chi connectivity index (χ2v) is 6.64. The van der Waals surface area contributed by atoms with Gasteiger partial charge in [0.15, 0.2) is 5.62 Å². The molecule has 0 aliphatic heterocycles. The Morgan fingerprint density at radius 1 is 1.36 bits per heavy atom. The number of ether oxygens (including phenoxy) is 1. The van der Waals surface area contributed by atoms with Gasteiger partial charge >= 0.3 is 0 Å². The van der Waals surface area contributed by atoms with Gasteiger partial charge in [0, 0.05) is 18.9 Å². The number of pyridine rings is 1. The fourth-order valence-corrected chi connectivity index (χ4v) is 2.86. The summed E-state index contributed by atoms with van der Waals surface area (Å²) in [5, 5.41) is -0.101. The number of likely N-dealkylation sites (N-methyl/N-ethyl adjacent to an activating group) is 1. The number of carbonyl (C=O) groups is 1. The number of nitrogens with two attached hydrogens (primary N) is 1. The Balaban J connectivity index is 1.82. The Morgan fingerprint density at radius 2 is 2.12 bits per heavy atom. The number of benzene rings is 1. The first-order chi connectivity index (χ1) is 12.1. The third-order valence-electron chi connectivity index (χ3n) is 3.71. The first kappa shape index (κ1) is 18.9. The van der Waals surface area contributed by atoms with Crippen molar-refractivity contribution in [1.29, 1.82) is 0 Å². The molecule has 0 bridgehead atoms. The largest absolute Gasteiger partial charge is 0.492 e. The van der Waals surface area contributed by atoms with Crippen molar-refractivity contribution in [1.82, 2.24) is 4.98 Å². The van der Waals surface area contributed by atoms with Crippen LogP contribution in [0.2, 0.25) is 0 Å². The summed E-state index contributed by atoms with van der Waals surface area (Å²) < 4.78 is 5.78. The van der Waals surface area contributed by atoms with Crippen LogP contribution in [0.1, 0.15) is 5.56 Å². The van der Waals surface area contributed by atoms with Gasteiger partial charge in [0.2, 0.25) is 0 Å².